The van der Waals surface area contributed by atoms with Crippen LogP contribution >= 0.6 is 0 Å². The fourth-order valence-electron chi connectivity index (χ4n) is 1.43. The van der Waals surface area contributed by atoms with E-state index < -0.39 is 8.32 Å². The molecule has 0 aliphatic heterocycles. The number of hydrogen-bond donors (Lipinski definition) is 1. The highest BCUT2D eigenvalue weighted by Crippen LogP contribution is 2.22. The summed E-state index contributed by atoms with van der Waals surface area (Å²) in [6.07, 6.45) is 2.03. The molecular weight excluding hydrogens is 202 g/mol. The molecule has 0 amide bonds. The first-order chi connectivity index (χ1) is 7.03. The predicted molar refractivity (Wildman–Crippen MR) is 67.8 cm³/mol. The van der Waals surface area contributed by atoms with Crippen LogP contribution in [0, 0.1) is 0 Å². The highest BCUT2D eigenvalue weighted by atomic mass is 28.4. The molecule has 0 saturated carbocycles. The second-order valence-electron chi connectivity index (χ2n) is 4.71. The van der Waals surface area contributed by atoms with E-state index in [2.05, 4.69) is 37.8 Å². The van der Waals surface area contributed by atoms with Crippen molar-refractivity contribution in [3.8, 4) is 5.75 Å². The summed E-state index contributed by atoms with van der Waals surface area (Å²) in [4.78, 5) is 0. The van der Waals surface area contributed by atoms with Gasteiger partial charge in [0.15, 0.2) is 0 Å². The van der Waals surface area contributed by atoms with E-state index in [1.165, 1.54) is 5.56 Å². The lowest BCUT2D eigenvalue weighted by molar-refractivity contribution is 0.547. The molecule has 0 bridgehead atoms. The lowest BCUT2D eigenvalue weighted by Gasteiger charge is -2.21. The maximum absolute atomic E-state index is 6.03. The summed E-state index contributed by atoms with van der Waals surface area (Å²) in [5.74, 6) is 1.05. The fourth-order valence-corrected chi connectivity index (χ4v) is 2.29. The first-order valence-corrected chi connectivity index (χ1v) is 8.91. The van der Waals surface area contributed by atoms with Crippen LogP contribution in [0.2, 0.25) is 19.6 Å². The van der Waals surface area contributed by atoms with Crippen LogP contribution in [0.4, 0.5) is 0 Å². The number of nitrogens with two attached hydrogens (primary N) is 1. The minimum Gasteiger partial charge on any atom is -0.544 e. The average molecular weight is 223 g/mol. The fraction of sp³-hybridized carbons (Fsp3) is 0.500. The molecule has 0 fully saturated rings. The Balaban J connectivity index is 2.77. The van der Waals surface area contributed by atoms with Gasteiger partial charge in [-0.1, -0.05) is 18.2 Å². The van der Waals surface area contributed by atoms with Crippen molar-refractivity contribution in [2.45, 2.75) is 32.5 Å². The summed E-state index contributed by atoms with van der Waals surface area (Å²) in [5.41, 5.74) is 6.80. The largest absolute Gasteiger partial charge is 0.544 e. The summed E-state index contributed by atoms with van der Waals surface area (Å²) < 4.78 is 6.03. The van der Waals surface area contributed by atoms with Crippen molar-refractivity contribution >= 4 is 8.32 Å². The first kappa shape index (κ1) is 12.3. The summed E-state index contributed by atoms with van der Waals surface area (Å²) in [6.45, 7) is 7.34. The van der Waals surface area contributed by atoms with E-state index in [0.29, 0.717) is 0 Å². The third-order valence-corrected chi connectivity index (χ3v) is 2.87. The molecule has 1 aromatic carbocycles. The smallest absolute Gasteiger partial charge is 0.242 e. The van der Waals surface area contributed by atoms with Crippen molar-refractivity contribution in [2.24, 2.45) is 5.73 Å². The van der Waals surface area contributed by atoms with E-state index in [0.717, 1.165) is 25.1 Å². The molecule has 0 aliphatic rings. The van der Waals surface area contributed by atoms with Gasteiger partial charge in [-0.25, -0.2) is 0 Å². The number of benzene rings is 1. The SMILES string of the molecule is C[Si](C)(C)Oc1ccccc1CCCN. The second kappa shape index (κ2) is 5.33. The molecule has 15 heavy (non-hydrogen) atoms. The molecule has 0 spiro atoms. The number of aryl methyl sites for hydroxylation is 1. The molecule has 3 heteroatoms. The number of para-hydroxylation sites is 1. The van der Waals surface area contributed by atoms with E-state index in [1.807, 2.05) is 6.07 Å². The van der Waals surface area contributed by atoms with Crippen molar-refractivity contribution in [1.29, 1.82) is 0 Å². The van der Waals surface area contributed by atoms with E-state index in [4.69, 9.17) is 10.2 Å². The summed E-state index contributed by atoms with van der Waals surface area (Å²) >= 11 is 0. The highest BCUT2D eigenvalue weighted by Gasteiger charge is 2.17. The molecule has 0 atom stereocenters. The minimum atomic E-state index is -1.50. The lowest BCUT2D eigenvalue weighted by Crippen LogP contribution is -2.29. The Morgan fingerprint density at radius 3 is 2.47 bits per heavy atom. The van der Waals surface area contributed by atoms with Crippen molar-refractivity contribution in [3.63, 3.8) is 0 Å². The zero-order valence-corrected chi connectivity index (χ0v) is 10.9. The van der Waals surface area contributed by atoms with Crippen molar-refractivity contribution in [3.05, 3.63) is 29.8 Å². The standard InChI is InChI=1S/C12H21NOSi/c1-15(2,3)14-12-9-5-4-7-11(12)8-6-10-13/h4-5,7,9H,6,8,10,13H2,1-3H3. The van der Waals surface area contributed by atoms with Crippen LogP contribution in [-0.2, 0) is 6.42 Å². The Bertz CT molecular complexity index is 307. The van der Waals surface area contributed by atoms with Crippen LogP contribution < -0.4 is 10.2 Å². The van der Waals surface area contributed by atoms with E-state index in [-0.39, 0.29) is 0 Å². The molecule has 0 saturated heterocycles. The topological polar surface area (TPSA) is 35.2 Å². The Labute approximate surface area is 93.6 Å². The van der Waals surface area contributed by atoms with Crippen LogP contribution in [0.5, 0.6) is 5.75 Å². The van der Waals surface area contributed by atoms with E-state index >= 15 is 0 Å². The lowest BCUT2D eigenvalue weighted by atomic mass is 10.1. The van der Waals surface area contributed by atoms with Crippen molar-refractivity contribution in [2.75, 3.05) is 6.54 Å². The van der Waals surface area contributed by atoms with Gasteiger partial charge >= 0.3 is 0 Å². The van der Waals surface area contributed by atoms with Gasteiger partial charge in [-0.2, -0.15) is 0 Å². The van der Waals surface area contributed by atoms with Crippen LogP contribution in [0.1, 0.15) is 12.0 Å². The Morgan fingerprint density at radius 2 is 1.87 bits per heavy atom. The zero-order valence-electron chi connectivity index (χ0n) is 9.92. The monoisotopic (exact) mass is 223 g/mol. The molecule has 84 valence electrons. The molecule has 1 aromatic rings. The van der Waals surface area contributed by atoms with Gasteiger partial charge in [-0.3, -0.25) is 0 Å². The highest BCUT2D eigenvalue weighted by molar-refractivity contribution is 6.70. The Kier molecular flexibility index (Phi) is 4.36. The first-order valence-electron chi connectivity index (χ1n) is 5.50. The van der Waals surface area contributed by atoms with E-state index in [1.54, 1.807) is 0 Å². The molecular formula is C12H21NOSi. The predicted octanol–water partition coefficient (Wildman–Crippen LogP) is 2.79. The van der Waals surface area contributed by atoms with Gasteiger partial charge in [-0.15, -0.1) is 0 Å². The summed E-state index contributed by atoms with van der Waals surface area (Å²) in [5, 5.41) is 0. The van der Waals surface area contributed by atoms with Gasteiger partial charge in [0.2, 0.25) is 8.32 Å². The molecule has 0 radical (unpaired) electrons. The molecule has 0 aromatic heterocycles. The molecule has 0 heterocycles. The van der Waals surface area contributed by atoms with Gasteiger partial charge in [0, 0.05) is 0 Å². The zero-order chi connectivity index (χ0) is 11.3. The molecule has 2 N–H and O–H groups in total. The van der Waals surface area contributed by atoms with Crippen LogP contribution in [0.25, 0.3) is 0 Å². The third kappa shape index (κ3) is 4.49. The second-order valence-corrected chi connectivity index (χ2v) is 9.14. The molecule has 2 nitrogen and oxygen atoms in total. The number of hydrogen-bond acceptors (Lipinski definition) is 2. The van der Waals surface area contributed by atoms with Crippen molar-refractivity contribution in [1.82, 2.24) is 0 Å². The third-order valence-electron chi connectivity index (χ3n) is 2.04. The van der Waals surface area contributed by atoms with Crippen LogP contribution in [0.3, 0.4) is 0 Å². The number of rotatable bonds is 5. The molecule has 0 aliphatic carbocycles. The van der Waals surface area contributed by atoms with Gasteiger partial charge in [0.1, 0.15) is 5.75 Å². The van der Waals surface area contributed by atoms with Gasteiger partial charge < -0.3 is 10.2 Å². The van der Waals surface area contributed by atoms with Crippen LogP contribution in [-0.4, -0.2) is 14.9 Å². The van der Waals surface area contributed by atoms with Gasteiger partial charge in [0.25, 0.3) is 0 Å². The molecule has 1 rings (SSSR count). The molecule has 0 unspecified atom stereocenters. The van der Waals surface area contributed by atoms with Gasteiger partial charge in [0.05, 0.1) is 0 Å². The average Bonchev–Trinajstić information content (AvgIpc) is 2.14. The normalized spacial score (nSPS) is 11.5. The Morgan fingerprint density at radius 1 is 1.20 bits per heavy atom. The quantitative estimate of drug-likeness (QED) is 0.779. The van der Waals surface area contributed by atoms with E-state index in [9.17, 15) is 0 Å². The summed E-state index contributed by atoms with van der Waals surface area (Å²) in [6, 6.07) is 8.28. The maximum Gasteiger partial charge on any atom is 0.242 e. The van der Waals surface area contributed by atoms with Crippen molar-refractivity contribution < 1.29 is 4.43 Å². The Hall–Kier alpha value is -0.803. The minimum absolute atomic E-state index is 0.737. The van der Waals surface area contributed by atoms with Gasteiger partial charge in [-0.05, 0) is 50.7 Å². The van der Waals surface area contributed by atoms with Crippen LogP contribution in [0.15, 0.2) is 24.3 Å². The summed E-state index contributed by atoms with van der Waals surface area (Å²) in [7, 11) is -1.50. The maximum atomic E-state index is 6.03.